The summed E-state index contributed by atoms with van der Waals surface area (Å²) in [4.78, 5) is 0. The van der Waals surface area contributed by atoms with Crippen molar-refractivity contribution in [1.29, 1.82) is 0 Å². The van der Waals surface area contributed by atoms with Crippen molar-refractivity contribution in [2.45, 2.75) is 83.1 Å². The predicted molar refractivity (Wildman–Crippen MR) is 94.3 cm³/mol. The van der Waals surface area contributed by atoms with E-state index in [0.717, 1.165) is 6.42 Å². The lowest BCUT2D eigenvalue weighted by atomic mass is 9.93. The van der Waals surface area contributed by atoms with Crippen molar-refractivity contribution < 1.29 is 5.11 Å². The summed E-state index contributed by atoms with van der Waals surface area (Å²) in [6.45, 7) is 2.37. The molecule has 2 atom stereocenters. The SMILES string of the molecule is CCCCCCCCc1ccc2c(c1)CC[C@H]2C[C@H](N)CO. The fraction of sp³-hybridized carbons (Fsp3) is 0.700. The number of unbranched alkanes of at least 4 members (excludes halogenated alkanes) is 5. The maximum Gasteiger partial charge on any atom is 0.0582 e. The molecule has 0 spiro atoms. The molecule has 3 N–H and O–H groups in total. The third kappa shape index (κ3) is 5.10. The highest BCUT2D eigenvalue weighted by molar-refractivity contribution is 5.38. The summed E-state index contributed by atoms with van der Waals surface area (Å²) in [6.07, 6.45) is 12.7. The van der Waals surface area contributed by atoms with Gasteiger partial charge in [-0.3, -0.25) is 0 Å². The summed E-state index contributed by atoms with van der Waals surface area (Å²) in [5.74, 6) is 0.556. The zero-order valence-electron chi connectivity index (χ0n) is 14.2. The topological polar surface area (TPSA) is 46.2 Å². The van der Waals surface area contributed by atoms with Crippen LogP contribution in [0.3, 0.4) is 0 Å². The zero-order valence-corrected chi connectivity index (χ0v) is 14.2. The Hall–Kier alpha value is -0.860. The minimum absolute atomic E-state index is 0.0706. The molecule has 1 aliphatic carbocycles. The van der Waals surface area contributed by atoms with E-state index in [1.54, 1.807) is 0 Å². The molecule has 1 aromatic carbocycles. The molecule has 1 aromatic rings. The molecule has 0 saturated heterocycles. The van der Waals surface area contributed by atoms with E-state index in [4.69, 9.17) is 10.8 Å². The van der Waals surface area contributed by atoms with Crippen LogP contribution in [0.5, 0.6) is 0 Å². The Balaban J connectivity index is 1.80. The minimum atomic E-state index is -0.0706. The molecule has 0 saturated carbocycles. The van der Waals surface area contributed by atoms with Crippen LogP contribution < -0.4 is 5.73 Å². The molecule has 0 aromatic heterocycles. The van der Waals surface area contributed by atoms with Gasteiger partial charge in [0.1, 0.15) is 0 Å². The molecular weight excluding hydrogens is 270 g/mol. The Labute approximate surface area is 136 Å². The van der Waals surface area contributed by atoms with Crippen LogP contribution in [-0.2, 0) is 12.8 Å². The Morgan fingerprint density at radius 2 is 1.95 bits per heavy atom. The number of aliphatic hydroxyl groups excluding tert-OH is 1. The molecule has 0 aliphatic heterocycles. The van der Waals surface area contributed by atoms with Crippen LogP contribution in [0.2, 0.25) is 0 Å². The second kappa shape index (κ2) is 9.32. The first-order chi connectivity index (χ1) is 10.7. The van der Waals surface area contributed by atoms with Gasteiger partial charge in [-0.25, -0.2) is 0 Å². The van der Waals surface area contributed by atoms with Crippen LogP contribution in [0.1, 0.15) is 80.9 Å². The van der Waals surface area contributed by atoms with E-state index in [-0.39, 0.29) is 12.6 Å². The molecule has 0 fully saturated rings. The molecule has 22 heavy (non-hydrogen) atoms. The van der Waals surface area contributed by atoms with E-state index >= 15 is 0 Å². The van der Waals surface area contributed by atoms with Gasteiger partial charge in [-0.1, -0.05) is 57.2 Å². The minimum Gasteiger partial charge on any atom is -0.395 e. The lowest BCUT2D eigenvalue weighted by molar-refractivity contribution is 0.254. The van der Waals surface area contributed by atoms with E-state index in [1.807, 2.05) is 0 Å². The number of fused-ring (bicyclic) bond motifs is 1. The average molecular weight is 303 g/mol. The van der Waals surface area contributed by atoms with Gasteiger partial charge in [-0.2, -0.15) is 0 Å². The molecule has 0 radical (unpaired) electrons. The van der Waals surface area contributed by atoms with Crippen LogP contribution in [0.25, 0.3) is 0 Å². The van der Waals surface area contributed by atoms with Crippen molar-refractivity contribution in [1.82, 2.24) is 0 Å². The Morgan fingerprint density at radius 1 is 1.18 bits per heavy atom. The number of hydrogen-bond donors (Lipinski definition) is 2. The fourth-order valence-corrected chi connectivity index (χ4v) is 3.71. The lowest BCUT2D eigenvalue weighted by Gasteiger charge is -2.16. The van der Waals surface area contributed by atoms with Gasteiger partial charge in [0, 0.05) is 6.04 Å². The molecule has 2 rings (SSSR count). The molecule has 2 nitrogen and oxygen atoms in total. The normalized spacial score (nSPS) is 18.4. The number of hydrogen-bond acceptors (Lipinski definition) is 2. The maximum atomic E-state index is 9.14. The standard InChI is InChI=1S/C20H33NO/c1-2-3-4-5-6-7-8-16-9-12-20-17(13-16)10-11-18(20)14-19(21)15-22/h9,12-13,18-19,22H,2-8,10-11,14-15,21H2,1H3/t18-,19-/m0/s1. The van der Waals surface area contributed by atoms with Crippen LogP contribution in [-0.4, -0.2) is 17.8 Å². The van der Waals surface area contributed by atoms with Gasteiger partial charge in [0.05, 0.1) is 6.61 Å². The third-order valence-electron chi connectivity index (χ3n) is 5.05. The second-order valence-electron chi connectivity index (χ2n) is 6.96. The summed E-state index contributed by atoms with van der Waals surface area (Å²) in [7, 11) is 0. The van der Waals surface area contributed by atoms with Crippen molar-refractivity contribution in [3.8, 4) is 0 Å². The van der Waals surface area contributed by atoms with Gasteiger partial charge < -0.3 is 10.8 Å². The van der Waals surface area contributed by atoms with Gasteiger partial charge in [-0.15, -0.1) is 0 Å². The third-order valence-corrected chi connectivity index (χ3v) is 5.05. The van der Waals surface area contributed by atoms with E-state index in [9.17, 15) is 0 Å². The van der Waals surface area contributed by atoms with Crippen LogP contribution in [0.4, 0.5) is 0 Å². The van der Waals surface area contributed by atoms with Crippen LogP contribution in [0, 0.1) is 0 Å². The number of aryl methyl sites for hydroxylation is 2. The molecule has 1 aliphatic rings. The Morgan fingerprint density at radius 3 is 2.73 bits per heavy atom. The summed E-state index contributed by atoms with van der Waals surface area (Å²) < 4.78 is 0. The summed E-state index contributed by atoms with van der Waals surface area (Å²) in [5.41, 5.74) is 10.4. The summed E-state index contributed by atoms with van der Waals surface area (Å²) >= 11 is 0. The first-order valence-electron chi connectivity index (χ1n) is 9.22. The monoisotopic (exact) mass is 303 g/mol. The molecule has 124 valence electrons. The first-order valence-corrected chi connectivity index (χ1v) is 9.22. The summed E-state index contributed by atoms with van der Waals surface area (Å²) in [6, 6.07) is 6.99. The highest BCUT2D eigenvalue weighted by atomic mass is 16.3. The Bertz CT molecular complexity index is 443. The number of aliphatic hydroxyl groups is 1. The zero-order chi connectivity index (χ0) is 15.8. The maximum absolute atomic E-state index is 9.14. The highest BCUT2D eigenvalue weighted by Crippen LogP contribution is 2.36. The largest absolute Gasteiger partial charge is 0.395 e. The number of benzene rings is 1. The van der Waals surface area contributed by atoms with Crippen molar-refractivity contribution in [3.63, 3.8) is 0 Å². The first kappa shape index (κ1) is 17.5. The molecular formula is C20H33NO. The quantitative estimate of drug-likeness (QED) is 0.632. The van der Waals surface area contributed by atoms with E-state index < -0.39 is 0 Å². The van der Waals surface area contributed by atoms with Gasteiger partial charge in [-0.05, 0) is 54.7 Å². The van der Waals surface area contributed by atoms with Gasteiger partial charge in [0.15, 0.2) is 0 Å². The molecule has 0 amide bonds. The van der Waals surface area contributed by atoms with Crippen molar-refractivity contribution in [2.24, 2.45) is 5.73 Å². The fourth-order valence-electron chi connectivity index (χ4n) is 3.71. The van der Waals surface area contributed by atoms with E-state index in [0.29, 0.717) is 5.92 Å². The lowest BCUT2D eigenvalue weighted by Crippen LogP contribution is -2.26. The number of nitrogens with two attached hydrogens (primary N) is 1. The second-order valence-corrected chi connectivity index (χ2v) is 6.96. The van der Waals surface area contributed by atoms with Crippen molar-refractivity contribution in [2.75, 3.05) is 6.61 Å². The van der Waals surface area contributed by atoms with Crippen LogP contribution >= 0.6 is 0 Å². The van der Waals surface area contributed by atoms with E-state index in [1.165, 1.54) is 74.5 Å². The van der Waals surface area contributed by atoms with Gasteiger partial charge in [0.2, 0.25) is 0 Å². The molecule has 0 bridgehead atoms. The van der Waals surface area contributed by atoms with E-state index in [2.05, 4.69) is 25.1 Å². The smallest absolute Gasteiger partial charge is 0.0582 e. The predicted octanol–water partition coefficient (Wildman–Crippen LogP) is 4.33. The molecule has 0 unspecified atom stereocenters. The van der Waals surface area contributed by atoms with Gasteiger partial charge >= 0.3 is 0 Å². The van der Waals surface area contributed by atoms with Crippen LogP contribution in [0.15, 0.2) is 18.2 Å². The number of rotatable bonds is 10. The van der Waals surface area contributed by atoms with Crippen molar-refractivity contribution >= 4 is 0 Å². The highest BCUT2D eigenvalue weighted by Gasteiger charge is 2.24. The summed E-state index contributed by atoms with van der Waals surface area (Å²) in [5, 5.41) is 9.14. The van der Waals surface area contributed by atoms with Crippen molar-refractivity contribution in [3.05, 3.63) is 34.9 Å². The van der Waals surface area contributed by atoms with Gasteiger partial charge in [0.25, 0.3) is 0 Å². The Kier molecular flexibility index (Phi) is 7.41. The molecule has 0 heterocycles. The average Bonchev–Trinajstić information content (AvgIpc) is 2.93. The molecule has 2 heteroatoms.